The van der Waals surface area contributed by atoms with Crippen molar-refractivity contribution in [3.8, 4) is 0 Å². The number of unbranched alkanes of at least 4 members (excludes halogenated alkanes) is 2. The van der Waals surface area contributed by atoms with Gasteiger partial charge in [0.25, 0.3) is 0 Å². The highest BCUT2D eigenvalue weighted by atomic mass is 15.2. The molecule has 0 amide bonds. The van der Waals surface area contributed by atoms with Crippen LogP contribution >= 0.6 is 0 Å². The minimum absolute atomic E-state index is 0.599. The van der Waals surface area contributed by atoms with E-state index in [0.29, 0.717) is 5.92 Å². The molecule has 1 aliphatic carbocycles. The van der Waals surface area contributed by atoms with Crippen molar-refractivity contribution < 1.29 is 0 Å². The van der Waals surface area contributed by atoms with Crippen molar-refractivity contribution in [1.82, 2.24) is 9.97 Å². The molecule has 106 valence electrons. The van der Waals surface area contributed by atoms with Crippen LogP contribution in [0, 0.1) is 0 Å². The third-order valence-corrected chi connectivity index (χ3v) is 3.52. The van der Waals surface area contributed by atoms with Crippen molar-refractivity contribution in [3.63, 3.8) is 0 Å². The van der Waals surface area contributed by atoms with Crippen LogP contribution in [0.3, 0.4) is 0 Å². The number of nitrogens with one attached hydrogen (secondary N) is 1. The molecule has 0 aliphatic heterocycles. The fraction of sp³-hybridized carbons (Fsp3) is 0.733. The van der Waals surface area contributed by atoms with Gasteiger partial charge >= 0.3 is 0 Å². The average Bonchev–Trinajstić information content (AvgIpc) is 3.23. The van der Waals surface area contributed by atoms with Crippen LogP contribution in [0.5, 0.6) is 0 Å². The summed E-state index contributed by atoms with van der Waals surface area (Å²) in [6.45, 7) is 6.31. The molecule has 1 aromatic rings. The van der Waals surface area contributed by atoms with Crippen molar-refractivity contribution in [3.05, 3.63) is 11.9 Å². The van der Waals surface area contributed by atoms with Crippen molar-refractivity contribution in [1.29, 1.82) is 0 Å². The van der Waals surface area contributed by atoms with Crippen LogP contribution in [0.4, 0.5) is 11.6 Å². The minimum atomic E-state index is 0.599. The van der Waals surface area contributed by atoms with Gasteiger partial charge in [-0.05, 0) is 26.2 Å². The van der Waals surface area contributed by atoms with Gasteiger partial charge in [-0.1, -0.05) is 19.8 Å². The van der Waals surface area contributed by atoms with Gasteiger partial charge < -0.3 is 10.2 Å². The number of anilines is 2. The van der Waals surface area contributed by atoms with Crippen LogP contribution in [0.15, 0.2) is 6.07 Å². The molecule has 0 bridgehead atoms. The van der Waals surface area contributed by atoms with Crippen molar-refractivity contribution in [2.45, 2.75) is 51.9 Å². The topological polar surface area (TPSA) is 41.0 Å². The maximum atomic E-state index is 4.73. The first kappa shape index (κ1) is 14.1. The maximum absolute atomic E-state index is 4.73. The molecule has 1 fully saturated rings. The first-order valence-electron chi connectivity index (χ1n) is 7.58. The molecular formula is C15H26N4. The summed E-state index contributed by atoms with van der Waals surface area (Å²) >= 11 is 0. The predicted octanol–water partition coefficient (Wildman–Crippen LogP) is 3.41. The highest BCUT2D eigenvalue weighted by Gasteiger charge is 2.27. The second kappa shape index (κ2) is 6.73. The molecule has 1 saturated carbocycles. The predicted molar refractivity (Wildman–Crippen MR) is 81.0 cm³/mol. The Hall–Kier alpha value is -1.32. The van der Waals surface area contributed by atoms with Gasteiger partial charge in [-0.15, -0.1) is 0 Å². The maximum Gasteiger partial charge on any atom is 0.136 e. The fourth-order valence-electron chi connectivity index (χ4n) is 2.16. The molecule has 1 aromatic heterocycles. The average molecular weight is 262 g/mol. The molecular weight excluding hydrogens is 236 g/mol. The Kier molecular flexibility index (Phi) is 5.00. The lowest BCUT2D eigenvalue weighted by atomic mass is 10.2. The van der Waals surface area contributed by atoms with Crippen LogP contribution in [-0.4, -0.2) is 30.1 Å². The van der Waals surface area contributed by atoms with E-state index in [9.17, 15) is 0 Å². The lowest BCUT2D eigenvalue weighted by Crippen LogP contribution is -2.21. The van der Waals surface area contributed by atoms with E-state index in [1.807, 2.05) is 0 Å². The SMILES string of the molecule is CCCCCN(C)c1cc(NCC)nc(C2CC2)n1. The molecule has 1 N–H and O–H groups in total. The zero-order valence-electron chi connectivity index (χ0n) is 12.4. The molecule has 0 unspecified atom stereocenters. The minimum Gasteiger partial charge on any atom is -0.370 e. The molecule has 2 rings (SSSR count). The van der Waals surface area contributed by atoms with E-state index in [2.05, 4.69) is 42.2 Å². The molecule has 0 atom stereocenters. The van der Waals surface area contributed by atoms with E-state index in [0.717, 1.165) is 30.5 Å². The summed E-state index contributed by atoms with van der Waals surface area (Å²) in [6, 6.07) is 2.07. The smallest absolute Gasteiger partial charge is 0.136 e. The zero-order chi connectivity index (χ0) is 13.7. The van der Waals surface area contributed by atoms with Crippen LogP contribution < -0.4 is 10.2 Å². The second-order valence-corrected chi connectivity index (χ2v) is 5.40. The number of nitrogens with zero attached hydrogens (tertiary/aromatic N) is 3. The molecule has 0 aromatic carbocycles. The molecule has 19 heavy (non-hydrogen) atoms. The fourth-order valence-corrected chi connectivity index (χ4v) is 2.16. The van der Waals surface area contributed by atoms with Gasteiger partial charge in [0.15, 0.2) is 0 Å². The summed E-state index contributed by atoms with van der Waals surface area (Å²) in [5, 5.41) is 3.32. The number of rotatable bonds is 8. The van der Waals surface area contributed by atoms with Gasteiger partial charge in [-0.25, -0.2) is 9.97 Å². The van der Waals surface area contributed by atoms with Crippen molar-refractivity contribution in [2.75, 3.05) is 30.4 Å². The van der Waals surface area contributed by atoms with E-state index in [-0.39, 0.29) is 0 Å². The molecule has 4 nitrogen and oxygen atoms in total. The molecule has 4 heteroatoms. The van der Waals surface area contributed by atoms with Gasteiger partial charge in [0.05, 0.1) is 0 Å². The lowest BCUT2D eigenvalue weighted by molar-refractivity contribution is 0.699. The lowest BCUT2D eigenvalue weighted by Gasteiger charge is -2.19. The van der Waals surface area contributed by atoms with E-state index in [1.165, 1.54) is 32.1 Å². The normalized spacial score (nSPS) is 14.5. The molecule has 1 aliphatic rings. The Morgan fingerprint density at radius 1 is 1.26 bits per heavy atom. The van der Waals surface area contributed by atoms with Crippen LogP contribution in [0.1, 0.15) is 57.7 Å². The van der Waals surface area contributed by atoms with Crippen LogP contribution in [-0.2, 0) is 0 Å². The van der Waals surface area contributed by atoms with E-state index in [4.69, 9.17) is 4.98 Å². The van der Waals surface area contributed by atoms with Crippen molar-refractivity contribution >= 4 is 11.6 Å². The number of hydrogen-bond acceptors (Lipinski definition) is 4. The summed E-state index contributed by atoms with van der Waals surface area (Å²) in [4.78, 5) is 11.6. The Balaban J connectivity index is 2.08. The summed E-state index contributed by atoms with van der Waals surface area (Å²) in [5.74, 6) is 3.65. The van der Waals surface area contributed by atoms with Gasteiger partial charge in [0.2, 0.25) is 0 Å². The summed E-state index contributed by atoms with van der Waals surface area (Å²) in [5.41, 5.74) is 0. The van der Waals surface area contributed by atoms with Crippen LogP contribution in [0.2, 0.25) is 0 Å². The molecule has 0 saturated heterocycles. The molecule has 1 heterocycles. The Bertz CT molecular complexity index is 401. The van der Waals surface area contributed by atoms with E-state index in [1.54, 1.807) is 0 Å². The number of hydrogen-bond donors (Lipinski definition) is 1. The third kappa shape index (κ3) is 4.08. The van der Waals surface area contributed by atoms with Gasteiger partial charge in [0, 0.05) is 32.1 Å². The first-order valence-corrected chi connectivity index (χ1v) is 7.58. The first-order chi connectivity index (χ1) is 9.24. The van der Waals surface area contributed by atoms with Crippen molar-refractivity contribution in [2.24, 2.45) is 0 Å². The Morgan fingerprint density at radius 3 is 2.68 bits per heavy atom. The van der Waals surface area contributed by atoms with Gasteiger partial charge in [0.1, 0.15) is 17.5 Å². The van der Waals surface area contributed by atoms with Gasteiger partial charge in [-0.2, -0.15) is 0 Å². The monoisotopic (exact) mass is 262 g/mol. The standard InChI is InChI=1S/C15H26N4/c1-4-6-7-10-19(3)14-11-13(16-5-2)17-15(18-14)12-8-9-12/h11-12H,4-10H2,1-3H3,(H,16,17,18). The highest BCUT2D eigenvalue weighted by molar-refractivity contribution is 5.49. The highest BCUT2D eigenvalue weighted by Crippen LogP contribution is 2.39. The second-order valence-electron chi connectivity index (χ2n) is 5.40. The number of aromatic nitrogens is 2. The third-order valence-electron chi connectivity index (χ3n) is 3.52. The van der Waals surface area contributed by atoms with E-state index < -0.39 is 0 Å². The summed E-state index contributed by atoms with van der Waals surface area (Å²) in [6.07, 6.45) is 6.26. The van der Waals surface area contributed by atoms with Gasteiger partial charge in [-0.3, -0.25) is 0 Å². The van der Waals surface area contributed by atoms with E-state index >= 15 is 0 Å². The zero-order valence-corrected chi connectivity index (χ0v) is 12.4. The largest absolute Gasteiger partial charge is 0.370 e. The summed E-state index contributed by atoms with van der Waals surface area (Å²) < 4.78 is 0. The quantitative estimate of drug-likeness (QED) is 0.729. The Labute approximate surface area is 116 Å². The molecule has 0 spiro atoms. The van der Waals surface area contributed by atoms with Crippen LogP contribution in [0.25, 0.3) is 0 Å². The Morgan fingerprint density at radius 2 is 2.05 bits per heavy atom. The summed E-state index contributed by atoms with van der Waals surface area (Å²) in [7, 11) is 2.13. The molecule has 0 radical (unpaired) electrons.